The first-order valence-electron chi connectivity index (χ1n) is 5.73. The molecule has 0 fully saturated rings. The molecule has 1 aromatic rings. The molecule has 16 heavy (non-hydrogen) atoms. The number of ether oxygens (including phenoxy) is 1. The van der Waals surface area contributed by atoms with Gasteiger partial charge in [0.25, 0.3) is 0 Å². The quantitative estimate of drug-likeness (QED) is 0.421. The van der Waals surface area contributed by atoms with E-state index in [9.17, 15) is 0 Å². The Morgan fingerprint density at radius 3 is 2.62 bits per heavy atom. The Morgan fingerprint density at radius 2 is 2.06 bits per heavy atom. The van der Waals surface area contributed by atoms with E-state index in [0.717, 1.165) is 25.0 Å². The minimum absolute atomic E-state index is 0.0785. The number of amidine groups is 1. The summed E-state index contributed by atoms with van der Waals surface area (Å²) in [5.41, 5.74) is 6.53. The standard InChI is InChI=1S/C13H20N2O/c1-2-3-9-16-12(10-13(14)15)11-7-5-4-6-8-11/h4-8,12H,2-3,9-10H2,1H3,(H3,14,15). The van der Waals surface area contributed by atoms with Crippen LogP contribution in [0.5, 0.6) is 0 Å². The van der Waals surface area contributed by atoms with Gasteiger partial charge in [0, 0.05) is 13.0 Å². The van der Waals surface area contributed by atoms with Crippen molar-refractivity contribution in [1.82, 2.24) is 0 Å². The molecular formula is C13H20N2O. The molecule has 1 atom stereocenters. The van der Waals surface area contributed by atoms with Crippen molar-refractivity contribution in [3.05, 3.63) is 35.9 Å². The zero-order valence-electron chi connectivity index (χ0n) is 9.78. The summed E-state index contributed by atoms with van der Waals surface area (Å²) < 4.78 is 5.76. The average molecular weight is 220 g/mol. The fourth-order valence-corrected chi connectivity index (χ4v) is 1.51. The Labute approximate surface area is 97.1 Å². The monoisotopic (exact) mass is 220 g/mol. The molecule has 0 amide bonds. The highest BCUT2D eigenvalue weighted by Crippen LogP contribution is 2.21. The van der Waals surface area contributed by atoms with Crippen LogP contribution in [-0.4, -0.2) is 12.4 Å². The third-order valence-corrected chi connectivity index (χ3v) is 2.39. The van der Waals surface area contributed by atoms with Crippen LogP contribution in [0, 0.1) is 5.41 Å². The molecule has 0 radical (unpaired) electrons. The number of nitrogens with one attached hydrogen (secondary N) is 1. The smallest absolute Gasteiger partial charge is 0.0934 e. The molecule has 0 saturated heterocycles. The number of hydrogen-bond donors (Lipinski definition) is 2. The minimum Gasteiger partial charge on any atom is -0.388 e. The molecule has 0 aromatic heterocycles. The topological polar surface area (TPSA) is 59.1 Å². The largest absolute Gasteiger partial charge is 0.388 e. The van der Waals surface area contributed by atoms with Crippen LogP contribution in [0.15, 0.2) is 30.3 Å². The Kier molecular flexibility index (Phi) is 5.57. The lowest BCUT2D eigenvalue weighted by Gasteiger charge is -2.17. The summed E-state index contributed by atoms with van der Waals surface area (Å²) in [5, 5.41) is 7.35. The van der Waals surface area contributed by atoms with Crippen molar-refractivity contribution < 1.29 is 4.74 Å². The van der Waals surface area contributed by atoms with Crippen LogP contribution >= 0.6 is 0 Å². The molecule has 88 valence electrons. The van der Waals surface area contributed by atoms with Crippen molar-refractivity contribution in [2.24, 2.45) is 5.73 Å². The van der Waals surface area contributed by atoms with Crippen molar-refractivity contribution in [1.29, 1.82) is 5.41 Å². The van der Waals surface area contributed by atoms with Gasteiger partial charge in [-0.2, -0.15) is 0 Å². The van der Waals surface area contributed by atoms with Crippen LogP contribution in [0.25, 0.3) is 0 Å². The fourth-order valence-electron chi connectivity index (χ4n) is 1.51. The Hall–Kier alpha value is -1.35. The molecule has 1 unspecified atom stereocenters. The summed E-state index contributed by atoms with van der Waals surface area (Å²) in [6.45, 7) is 2.86. The van der Waals surface area contributed by atoms with Gasteiger partial charge in [-0.25, -0.2) is 0 Å². The zero-order valence-corrected chi connectivity index (χ0v) is 9.78. The van der Waals surface area contributed by atoms with Crippen LogP contribution in [0.4, 0.5) is 0 Å². The van der Waals surface area contributed by atoms with Gasteiger partial charge in [0.1, 0.15) is 0 Å². The summed E-state index contributed by atoms with van der Waals surface area (Å²) >= 11 is 0. The molecule has 0 heterocycles. The molecule has 3 N–H and O–H groups in total. The summed E-state index contributed by atoms with van der Waals surface area (Å²) in [5.74, 6) is 0.172. The first-order chi connectivity index (χ1) is 7.74. The van der Waals surface area contributed by atoms with E-state index in [1.165, 1.54) is 0 Å². The Balaban J connectivity index is 2.60. The molecule has 0 spiro atoms. The van der Waals surface area contributed by atoms with Gasteiger partial charge in [0.05, 0.1) is 11.9 Å². The minimum atomic E-state index is -0.0785. The van der Waals surface area contributed by atoms with E-state index in [1.54, 1.807) is 0 Å². The number of unbranched alkanes of at least 4 members (excludes halogenated alkanes) is 1. The molecule has 1 aromatic carbocycles. The van der Waals surface area contributed by atoms with E-state index < -0.39 is 0 Å². The number of nitrogens with two attached hydrogens (primary N) is 1. The van der Waals surface area contributed by atoms with E-state index in [2.05, 4.69) is 6.92 Å². The second kappa shape index (κ2) is 7.01. The molecule has 3 heteroatoms. The highest BCUT2D eigenvalue weighted by atomic mass is 16.5. The summed E-state index contributed by atoms with van der Waals surface area (Å²) in [4.78, 5) is 0. The fraction of sp³-hybridized carbons (Fsp3) is 0.462. The summed E-state index contributed by atoms with van der Waals surface area (Å²) in [6.07, 6.45) is 2.54. The Morgan fingerprint density at radius 1 is 1.38 bits per heavy atom. The van der Waals surface area contributed by atoms with Crippen molar-refractivity contribution in [2.75, 3.05) is 6.61 Å². The molecule has 1 rings (SSSR count). The van der Waals surface area contributed by atoms with Gasteiger partial charge >= 0.3 is 0 Å². The molecule has 0 aliphatic rings. The van der Waals surface area contributed by atoms with Crippen LogP contribution in [0.3, 0.4) is 0 Å². The molecule has 3 nitrogen and oxygen atoms in total. The van der Waals surface area contributed by atoms with Crippen molar-refractivity contribution >= 4 is 5.84 Å². The third kappa shape index (κ3) is 4.45. The van der Waals surface area contributed by atoms with Crippen LogP contribution in [0.1, 0.15) is 37.9 Å². The van der Waals surface area contributed by atoms with Crippen molar-refractivity contribution in [2.45, 2.75) is 32.3 Å². The highest BCUT2D eigenvalue weighted by molar-refractivity contribution is 5.77. The normalized spacial score (nSPS) is 12.3. The lowest BCUT2D eigenvalue weighted by atomic mass is 10.1. The number of rotatable bonds is 7. The maximum Gasteiger partial charge on any atom is 0.0934 e. The second-order valence-electron chi connectivity index (χ2n) is 3.85. The van der Waals surface area contributed by atoms with E-state index in [1.807, 2.05) is 30.3 Å². The van der Waals surface area contributed by atoms with E-state index >= 15 is 0 Å². The van der Waals surface area contributed by atoms with Crippen molar-refractivity contribution in [3.63, 3.8) is 0 Å². The van der Waals surface area contributed by atoms with Crippen LogP contribution < -0.4 is 5.73 Å². The second-order valence-corrected chi connectivity index (χ2v) is 3.85. The lowest BCUT2D eigenvalue weighted by Crippen LogP contribution is -2.17. The van der Waals surface area contributed by atoms with Crippen LogP contribution in [0.2, 0.25) is 0 Å². The molecule has 0 aliphatic heterocycles. The van der Waals surface area contributed by atoms with Gasteiger partial charge in [-0.3, -0.25) is 5.41 Å². The third-order valence-electron chi connectivity index (χ3n) is 2.39. The van der Waals surface area contributed by atoms with E-state index in [-0.39, 0.29) is 11.9 Å². The van der Waals surface area contributed by atoms with Gasteiger partial charge in [-0.15, -0.1) is 0 Å². The summed E-state index contributed by atoms with van der Waals surface area (Å²) in [6, 6.07) is 9.96. The van der Waals surface area contributed by atoms with E-state index in [0.29, 0.717) is 6.42 Å². The van der Waals surface area contributed by atoms with Crippen LogP contribution in [-0.2, 0) is 4.74 Å². The summed E-state index contributed by atoms with van der Waals surface area (Å²) in [7, 11) is 0. The van der Waals surface area contributed by atoms with Gasteiger partial charge < -0.3 is 10.5 Å². The van der Waals surface area contributed by atoms with Gasteiger partial charge in [-0.05, 0) is 12.0 Å². The molecule has 0 bridgehead atoms. The maximum absolute atomic E-state index is 7.35. The highest BCUT2D eigenvalue weighted by Gasteiger charge is 2.12. The first-order valence-corrected chi connectivity index (χ1v) is 5.73. The molecule has 0 saturated carbocycles. The predicted octanol–water partition coefficient (Wildman–Crippen LogP) is 2.87. The first kappa shape index (κ1) is 12.7. The SMILES string of the molecule is CCCCOC(CC(=N)N)c1ccccc1. The van der Waals surface area contributed by atoms with Gasteiger partial charge in [-0.1, -0.05) is 43.7 Å². The predicted molar refractivity (Wildman–Crippen MR) is 66.6 cm³/mol. The van der Waals surface area contributed by atoms with E-state index in [4.69, 9.17) is 15.9 Å². The van der Waals surface area contributed by atoms with Gasteiger partial charge in [0.15, 0.2) is 0 Å². The Bertz CT molecular complexity index is 311. The van der Waals surface area contributed by atoms with Gasteiger partial charge in [0.2, 0.25) is 0 Å². The number of benzene rings is 1. The average Bonchev–Trinajstić information content (AvgIpc) is 2.29. The molecular weight excluding hydrogens is 200 g/mol. The molecule has 0 aliphatic carbocycles. The number of hydrogen-bond acceptors (Lipinski definition) is 2. The lowest BCUT2D eigenvalue weighted by molar-refractivity contribution is 0.0554. The zero-order chi connectivity index (χ0) is 11.8. The van der Waals surface area contributed by atoms with Crippen molar-refractivity contribution in [3.8, 4) is 0 Å². The maximum atomic E-state index is 7.35.